The first-order chi connectivity index (χ1) is 15.8. The molecule has 0 unspecified atom stereocenters. The minimum absolute atomic E-state index is 0.131. The van der Waals surface area contributed by atoms with Gasteiger partial charge in [0.25, 0.3) is 12.0 Å². The van der Waals surface area contributed by atoms with Gasteiger partial charge in [-0.1, -0.05) is 12.1 Å². The number of fused-ring (bicyclic) bond motifs is 2. The molecule has 6 nitrogen and oxygen atoms in total. The fourth-order valence-corrected chi connectivity index (χ4v) is 4.18. The van der Waals surface area contributed by atoms with E-state index in [1.807, 2.05) is 24.0 Å². The van der Waals surface area contributed by atoms with Crippen molar-refractivity contribution in [3.05, 3.63) is 86.8 Å². The van der Waals surface area contributed by atoms with Gasteiger partial charge < -0.3 is 4.90 Å². The van der Waals surface area contributed by atoms with Gasteiger partial charge in [0, 0.05) is 54.2 Å². The van der Waals surface area contributed by atoms with E-state index >= 15 is 0 Å². The SMILES string of the molecule is Cc1c(N2CCc3ncc(-c4cccc(F)c4)cc3C2)nn2c(=O)cc(C(F)F)nc2c1C. The molecule has 0 saturated heterocycles. The molecule has 0 N–H and O–H groups in total. The average Bonchev–Trinajstić information content (AvgIpc) is 2.80. The van der Waals surface area contributed by atoms with E-state index in [9.17, 15) is 18.0 Å². The largest absolute Gasteiger partial charge is 0.350 e. The quantitative estimate of drug-likeness (QED) is 0.462. The van der Waals surface area contributed by atoms with Gasteiger partial charge in [0.1, 0.15) is 11.5 Å². The molecular formula is C24H20F3N5O. The van der Waals surface area contributed by atoms with E-state index in [-0.39, 0.29) is 11.5 Å². The Hall–Kier alpha value is -3.75. The predicted octanol–water partition coefficient (Wildman–Crippen LogP) is 4.41. The van der Waals surface area contributed by atoms with Crippen molar-refractivity contribution in [2.45, 2.75) is 33.2 Å². The lowest BCUT2D eigenvalue weighted by Crippen LogP contribution is -2.34. The number of hydrogen-bond acceptors (Lipinski definition) is 5. The number of rotatable bonds is 3. The molecule has 0 amide bonds. The van der Waals surface area contributed by atoms with Crippen molar-refractivity contribution in [1.82, 2.24) is 19.6 Å². The standard InChI is InChI=1S/C24H20F3N5O/c1-13-14(2)24(30-32-21(33)10-20(22(26)27)29-23(13)32)31-7-6-19-17(12-31)8-16(11-28-19)15-4-3-5-18(25)9-15/h3-5,8-11,22H,6-7,12H2,1-2H3. The monoisotopic (exact) mass is 451 g/mol. The lowest BCUT2D eigenvalue weighted by molar-refractivity contribution is 0.146. The van der Waals surface area contributed by atoms with Gasteiger partial charge in [0.15, 0.2) is 11.5 Å². The Morgan fingerprint density at radius 2 is 1.88 bits per heavy atom. The van der Waals surface area contributed by atoms with Crippen molar-refractivity contribution in [3.63, 3.8) is 0 Å². The number of hydrogen-bond donors (Lipinski definition) is 0. The highest BCUT2D eigenvalue weighted by Gasteiger charge is 2.24. The predicted molar refractivity (Wildman–Crippen MR) is 118 cm³/mol. The molecule has 5 rings (SSSR count). The third-order valence-corrected chi connectivity index (χ3v) is 6.06. The third kappa shape index (κ3) is 3.73. The van der Waals surface area contributed by atoms with Crippen LogP contribution in [0.5, 0.6) is 0 Å². The number of aromatic nitrogens is 4. The molecule has 33 heavy (non-hydrogen) atoms. The van der Waals surface area contributed by atoms with Crippen molar-refractivity contribution in [3.8, 4) is 11.1 Å². The normalized spacial score (nSPS) is 13.6. The molecule has 1 aliphatic heterocycles. The zero-order valence-electron chi connectivity index (χ0n) is 18.0. The summed E-state index contributed by atoms with van der Waals surface area (Å²) in [7, 11) is 0. The summed E-state index contributed by atoms with van der Waals surface area (Å²) in [5.74, 6) is 0.280. The van der Waals surface area contributed by atoms with Gasteiger partial charge in [0.2, 0.25) is 0 Å². The zero-order valence-corrected chi connectivity index (χ0v) is 18.0. The first-order valence-electron chi connectivity index (χ1n) is 10.5. The van der Waals surface area contributed by atoms with E-state index in [2.05, 4.69) is 15.1 Å². The second-order valence-corrected chi connectivity index (χ2v) is 8.14. The second-order valence-electron chi connectivity index (χ2n) is 8.14. The molecule has 4 heterocycles. The second kappa shape index (κ2) is 7.99. The van der Waals surface area contributed by atoms with Gasteiger partial charge in [-0.3, -0.25) is 9.78 Å². The highest BCUT2D eigenvalue weighted by molar-refractivity contribution is 5.65. The smallest absolute Gasteiger partial charge is 0.280 e. The highest BCUT2D eigenvalue weighted by Crippen LogP contribution is 2.30. The summed E-state index contributed by atoms with van der Waals surface area (Å²) in [6, 6.07) is 9.18. The van der Waals surface area contributed by atoms with Crippen molar-refractivity contribution in [2.24, 2.45) is 0 Å². The summed E-state index contributed by atoms with van der Waals surface area (Å²) in [5, 5.41) is 4.48. The van der Waals surface area contributed by atoms with E-state index in [1.165, 1.54) is 12.1 Å². The van der Waals surface area contributed by atoms with E-state index in [1.54, 1.807) is 19.2 Å². The number of anilines is 1. The molecular weight excluding hydrogens is 431 g/mol. The number of halogens is 3. The van der Waals surface area contributed by atoms with Gasteiger partial charge >= 0.3 is 0 Å². The van der Waals surface area contributed by atoms with Crippen LogP contribution in [0, 0.1) is 19.7 Å². The third-order valence-electron chi connectivity index (χ3n) is 6.06. The fourth-order valence-electron chi connectivity index (χ4n) is 4.18. The number of pyridine rings is 1. The summed E-state index contributed by atoms with van der Waals surface area (Å²) in [6.45, 7) is 4.73. The lowest BCUT2D eigenvalue weighted by Gasteiger charge is -2.31. The molecule has 0 bridgehead atoms. The maximum absolute atomic E-state index is 13.7. The van der Waals surface area contributed by atoms with Gasteiger partial charge in [-0.25, -0.2) is 18.2 Å². The van der Waals surface area contributed by atoms with Crippen molar-refractivity contribution >= 4 is 11.5 Å². The molecule has 3 aromatic heterocycles. The average molecular weight is 451 g/mol. The summed E-state index contributed by atoms with van der Waals surface area (Å²) in [4.78, 5) is 23.1. The molecule has 0 atom stereocenters. The molecule has 1 aliphatic rings. The molecule has 0 radical (unpaired) electrons. The summed E-state index contributed by atoms with van der Waals surface area (Å²) in [6.07, 6.45) is -0.409. The molecule has 168 valence electrons. The molecule has 9 heteroatoms. The Morgan fingerprint density at radius 1 is 1.06 bits per heavy atom. The highest BCUT2D eigenvalue weighted by atomic mass is 19.3. The van der Waals surface area contributed by atoms with E-state index < -0.39 is 17.7 Å². The maximum Gasteiger partial charge on any atom is 0.280 e. The Morgan fingerprint density at radius 3 is 2.64 bits per heavy atom. The summed E-state index contributed by atoms with van der Waals surface area (Å²) in [5.41, 5.74) is 3.82. The maximum atomic E-state index is 13.7. The van der Waals surface area contributed by atoms with Crippen LogP contribution in [0.15, 0.2) is 47.4 Å². The van der Waals surface area contributed by atoms with Crippen molar-refractivity contribution < 1.29 is 13.2 Å². The minimum atomic E-state index is -2.83. The van der Waals surface area contributed by atoms with Crippen molar-refractivity contribution in [2.75, 3.05) is 11.4 Å². The van der Waals surface area contributed by atoms with Crippen LogP contribution in [0.4, 0.5) is 19.0 Å². The fraction of sp³-hybridized carbons (Fsp3) is 0.250. The summed E-state index contributed by atoms with van der Waals surface area (Å²) >= 11 is 0. The molecule has 1 aromatic carbocycles. The Labute approximate surface area is 187 Å². The minimum Gasteiger partial charge on any atom is -0.350 e. The Bertz CT molecular complexity index is 1450. The van der Waals surface area contributed by atoms with Gasteiger partial charge in [-0.05, 0) is 43.2 Å². The van der Waals surface area contributed by atoms with Gasteiger partial charge in [-0.2, -0.15) is 4.52 Å². The Kier molecular flexibility index (Phi) is 5.11. The van der Waals surface area contributed by atoms with Crippen LogP contribution in [0.2, 0.25) is 0 Å². The first-order valence-corrected chi connectivity index (χ1v) is 10.5. The molecule has 4 aromatic rings. The van der Waals surface area contributed by atoms with Crippen LogP contribution < -0.4 is 10.5 Å². The topological polar surface area (TPSA) is 63.4 Å². The van der Waals surface area contributed by atoms with E-state index in [4.69, 9.17) is 0 Å². The van der Waals surface area contributed by atoms with Crippen LogP contribution in [-0.4, -0.2) is 26.1 Å². The van der Waals surface area contributed by atoms with Crippen LogP contribution in [0.1, 0.15) is 34.5 Å². The molecule has 0 spiro atoms. The first kappa shape index (κ1) is 21.1. The van der Waals surface area contributed by atoms with Crippen LogP contribution in [-0.2, 0) is 13.0 Å². The van der Waals surface area contributed by atoms with E-state index in [0.717, 1.165) is 38.5 Å². The van der Waals surface area contributed by atoms with Crippen molar-refractivity contribution in [1.29, 1.82) is 0 Å². The number of aryl methyl sites for hydroxylation is 1. The van der Waals surface area contributed by atoms with E-state index in [0.29, 0.717) is 30.9 Å². The van der Waals surface area contributed by atoms with Gasteiger partial charge in [-0.15, -0.1) is 5.10 Å². The lowest BCUT2D eigenvalue weighted by atomic mass is 9.99. The number of nitrogens with zero attached hydrogens (tertiary/aromatic N) is 5. The number of benzene rings is 1. The zero-order chi connectivity index (χ0) is 23.3. The van der Waals surface area contributed by atoms with Gasteiger partial charge in [0.05, 0.1) is 0 Å². The van der Waals surface area contributed by atoms with Crippen LogP contribution in [0.25, 0.3) is 16.8 Å². The summed E-state index contributed by atoms with van der Waals surface area (Å²) < 4.78 is 41.0. The molecule has 0 saturated carbocycles. The Balaban J connectivity index is 1.55. The molecule has 0 aliphatic carbocycles. The number of alkyl halides is 2. The molecule has 0 fully saturated rings. The van der Waals surface area contributed by atoms with Crippen LogP contribution in [0.3, 0.4) is 0 Å². The van der Waals surface area contributed by atoms with Crippen LogP contribution >= 0.6 is 0 Å².